The summed E-state index contributed by atoms with van der Waals surface area (Å²) in [5.41, 5.74) is 3.43. The molecule has 0 fully saturated rings. The molecule has 0 unspecified atom stereocenters. The van der Waals surface area contributed by atoms with Crippen LogP contribution < -0.4 is 4.31 Å². The predicted octanol–water partition coefficient (Wildman–Crippen LogP) is 3.84. The molecular formula is C13H21N2OS-. The van der Waals surface area contributed by atoms with Crippen LogP contribution in [-0.2, 0) is 21.4 Å². The Morgan fingerprint density at radius 3 is 2.53 bits per heavy atom. The molecule has 1 heterocycles. The normalized spacial score (nSPS) is 13.6. The Morgan fingerprint density at radius 2 is 2.00 bits per heavy atom. The van der Waals surface area contributed by atoms with Crippen molar-refractivity contribution in [2.24, 2.45) is 0 Å². The van der Waals surface area contributed by atoms with E-state index in [1.807, 2.05) is 13.8 Å². The van der Waals surface area contributed by atoms with E-state index in [0.717, 1.165) is 12.1 Å². The van der Waals surface area contributed by atoms with Gasteiger partial charge in [0.1, 0.15) is 0 Å². The number of nitrogens with zero attached hydrogens (tertiary/aromatic N) is 1. The van der Waals surface area contributed by atoms with Crippen molar-refractivity contribution < 1.29 is 4.21 Å². The summed E-state index contributed by atoms with van der Waals surface area (Å²) >= 11 is 0. The van der Waals surface area contributed by atoms with Crippen molar-refractivity contribution in [3.05, 3.63) is 29.3 Å². The Bertz CT molecular complexity index is 445. The highest BCUT2D eigenvalue weighted by Crippen LogP contribution is 2.31. The number of hydrogen-bond acceptors (Lipinski definition) is 3. The molecule has 0 aromatic heterocycles. The zero-order valence-electron chi connectivity index (χ0n) is 11.0. The Balaban J connectivity index is 0.000000686. The van der Waals surface area contributed by atoms with Gasteiger partial charge in [-0.15, -0.1) is 10.8 Å². The van der Waals surface area contributed by atoms with Crippen LogP contribution in [0.5, 0.6) is 0 Å². The van der Waals surface area contributed by atoms with Gasteiger partial charge >= 0.3 is 0 Å². The van der Waals surface area contributed by atoms with Crippen LogP contribution in [0.4, 0.5) is 5.69 Å². The minimum absolute atomic E-state index is 0.469. The highest BCUT2D eigenvalue weighted by atomic mass is 32.2. The second kappa shape index (κ2) is 6.05. The van der Waals surface area contributed by atoms with E-state index in [0.29, 0.717) is 12.5 Å². The molecule has 0 spiro atoms. The monoisotopic (exact) mass is 253 g/mol. The molecule has 0 atom stereocenters. The molecule has 0 aliphatic carbocycles. The topological polar surface area (TPSA) is 44.2 Å². The van der Waals surface area contributed by atoms with E-state index in [-0.39, 0.29) is 0 Å². The lowest BCUT2D eigenvalue weighted by Crippen LogP contribution is -2.16. The first-order valence-electron chi connectivity index (χ1n) is 6.13. The van der Waals surface area contributed by atoms with Crippen LogP contribution in [0.2, 0.25) is 0 Å². The molecule has 0 saturated carbocycles. The maximum absolute atomic E-state index is 11.2. The van der Waals surface area contributed by atoms with Gasteiger partial charge in [0.25, 0.3) is 0 Å². The summed E-state index contributed by atoms with van der Waals surface area (Å²) in [6, 6.07) is 6.29. The Morgan fingerprint density at radius 1 is 1.35 bits per heavy atom. The largest absolute Gasteiger partial charge is 0.424 e. The molecule has 1 aromatic carbocycles. The van der Waals surface area contributed by atoms with Gasteiger partial charge in [-0.1, -0.05) is 39.8 Å². The van der Waals surface area contributed by atoms with Crippen LogP contribution in [0.3, 0.4) is 0 Å². The smallest absolute Gasteiger partial charge is 0.0242 e. The van der Waals surface area contributed by atoms with E-state index in [1.54, 1.807) is 4.31 Å². The van der Waals surface area contributed by atoms with Crippen molar-refractivity contribution in [1.29, 1.82) is 4.78 Å². The summed E-state index contributed by atoms with van der Waals surface area (Å²) in [4.78, 5) is 0. The third-order valence-electron chi connectivity index (χ3n) is 2.83. The lowest BCUT2D eigenvalue weighted by atomic mass is 10.0. The summed E-state index contributed by atoms with van der Waals surface area (Å²) in [5.74, 6) is 0.469. The maximum atomic E-state index is 11.2. The predicted molar refractivity (Wildman–Crippen MR) is 73.7 cm³/mol. The lowest BCUT2D eigenvalue weighted by Gasteiger charge is -2.23. The molecular weight excluding hydrogens is 232 g/mol. The van der Waals surface area contributed by atoms with Crippen LogP contribution in [0.1, 0.15) is 44.7 Å². The fraction of sp³-hybridized carbons (Fsp3) is 0.538. The van der Waals surface area contributed by atoms with Gasteiger partial charge in [0.2, 0.25) is 0 Å². The van der Waals surface area contributed by atoms with Crippen molar-refractivity contribution in [2.45, 2.75) is 40.0 Å². The molecule has 17 heavy (non-hydrogen) atoms. The zero-order chi connectivity index (χ0) is 13.0. The van der Waals surface area contributed by atoms with Crippen LogP contribution in [0, 0.1) is 4.78 Å². The Kier molecular flexibility index (Phi) is 5.00. The fourth-order valence-corrected chi connectivity index (χ4v) is 2.50. The van der Waals surface area contributed by atoms with Crippen molar-refractivity contribution >= 4 is 16.5 Å². The van der Waals surface area contributed by atoms with Crippen LogP contribution in [0.15, 0.2) is 18.2 Å². The first-order chi connectivity index (χ1) is 8.09. The Hall–Kier alpha value is -1.03. The molecule has 96 valence electrons. The molecule has 3 nitrogen and oxygen atoms in total. The molecule has 0 bridgehead atoms. The molecule has 1 aliphatic heterocycles. The van der Waals surface area contributed by atoms with Crippen molar-refractivity contribution in [3.63, 3.8) is 0 Å². The summed E-state index contributed by atoms with van der Waals surface area (Å²) in [6.07, 6.45) is 0.901. The second-order valence-electron chi connectivity index (χ2n) is 4.14. The van der Waals surface area contributed by atoms with Crippen molar-refractivity contribution in [3.8, 4) is 0 Å². The van der Waals surface area contributed by atoms with Crippen LogP contribution in [-0.4, -0.2) is 6.54 Å². The molecule has 1 aromatic rings. The average Bonchev–Trinajstić information content (AvgIpc) is 2.74. The van der Waals surface area contributed by atoms with Gasteiger partial charge in [-0.2, -0.15) is 0 Å². The zero-order valence-corrected chi connectivity index (χ0v) is 11.8. The van der Waals surface area contributed by atoms with Gasteiger partial charge in [-0.05, 0) is 29.5 Å². The molecule has 0 radical (unpaired) electrons. The summed E-state index contributed by atoms with van der Waals surface area (Å²) < 4.78 is 20.1. The maximum Gasteiger partial charge on any atom is 0.0242 e. The highest BCUT2D eigenvalue weighted by molar-refractivity contribution is 7.75. The first-order valence-corrected chi connectivity index (χ1v) is 7.23. The molecule has 0 saturated heterocycles. The van der Waals surface area contributed by atoms with Crippen LogP contribution >= 0.6 is 0 Å². The SMILES string of the molecule is CC.CC(C)c1ccc2c(c1)N([S-](=N)=O)CC2. The molecule has 0 amide bonds. The number of rotatable bonds is 2. The molecule has 2 rings (SSSR count). The van der Waals surface area contributed by atoms with E-state index in [1.165, 1.54) is 11.1 Å². The van der Waals surface area contributed by atoms with E-state index < -0.39 is 10.8 Å². The van der Waals surface area contributed by atoms with Gasteiger partial charge in [0.15, 0.2) is 0 Å². The van der Waals surface area contributed by atoms with E-state index in [2.05, 4.69) is 32.0 Å². The lowest BCUT2D eigenvalue weighted by molar-refractivity contribution is 0.597. The van der Waals surface area contributed by atoms with Gasteiger partial charge in [0.05, 0.1) is 0 Å². The van der Waals surface area contributed by atoms with Gasteiger partial charge < -0.3 is 13.3 Å². The van der Waals surface area contributed by atoms with Gasteiger partial charge in [-0.3, -0.25) is 0 Å². The average molecular weight is 253 g/mol. The van der Waals surface area contributed by atoms with Gasteiger partial charge in [-0.25, -0.2) is 0 Å². The number of anilines is 1. The second-order valence-corrected chi connectivity index (χ2v) is 5.08. The minimum atomic E-state index is -1.64. The van der Waals surface area contributed by atoms with E-state index in [9.17, 15) is 4.21 Å². The number of hydrogen-bond donors (Lipinski definition) is 1. The van der Waals surface area contributed by atoms with Crippen LogP contribution in [0.25, 0.3) is 0 Å². The molecule has 4 heteroatoms. The van der Waals surface area contributed by atoms with E-state index in [4.69, 9.17) is 4.78 Å². The minimum Gasteiger partial charge on any atom is -0.424 e. The number of nitrogens with one attached hydrogen (secondary N) is 1. The van der Waals surface area contributed by atoms with Crippen molar-refractivity contribution in [1.82, 2.24) is 0 Å². The van der Waals surface area contributed by atoms with E-state index >= 15 is 0 Å². The fourth-order valence-electron chi connectivity index (χ4n) is 1.90. The van der Waals surface area contributed by atoms with Crippen molar-refractivity contribution in [2.75, 3.05) is 10.8 Å². The quantitative estimate of drug-likeness (QED) is 0.800. The Labute approximate surface area is 106 Å². The third kappa shape index (κ3) is 3.00. The summed E-state index contributed by atoms with van der Waals surface area (Å²) in [5, 5.41) is 0. The first kappa shape index (κ1) is 14.0. The standard InChI is InChI=1S/C11H15N2OS.C2H6/c1-8(2)10-4-3-9-5-6-13(15(12)14)11(9)7-10;1-2/h3-4,7-8,12H,5-6H2,1-2H3;1-2H3/q-1;. The summed E-state index contributed by atoms with van der Waals surface area (Å²) in [6.45, 7) is 8.98. The summed E-state index contributed by atoms with van der Waals surface area (Å²) in [7, 11) is -1.64. The van der Waals surface area contributed by atoms with Gasteiger partial charge in [0, 0.05) is 12.2 Å². The molecule has 1 aliphatic rings. The number of benzene rings is 1. The highest BCUT2D eigenvalue weighted by Gasteiger charge is 2.15. The number of fused-ring (bicyclic) bond motifs is 1. The molecule has 1 N–H and O–H groups in total. The third-order valence-corrected chi connectivity index (χ3v) is 3.61.